The maximum atomic E-state index is 6.26. The molecule has 0 aliphatic rings. The number of hydrogen-bond donors (Lipinski definition) is 0. The highest BCUT2D eigenvalue weighted by Crippen LogP contribution is 2.26. The number of hydrogen-bond acceptors (Lipinski definition) is 1. The van der Waals surface area contributed by atoms with E-state index in [1.165, 1.54) is 11.1 Å². The molecule has 0 aliphatic heterocycles. The average Bonchev–Trinajstić information content (AvgIpc) is 2.45. The van der Waals surface area contributed by atoms with Gasteiger partial charge in [-0.3, -0.25) is 0 Å². The van der Waals surface area contributed by atoms with Gasteiger partial charge in [-0.2, -0.15) is 0 Å². The van der Waals surface area contributed by atoms with E-state index in [9.17, 15) is 0 Å². The van der Waals surface area contributed by atoms with Crippen LogP contribution in [0.15, 0.2) is 48.5 Å². The Kier molecular flexibility index (Phi) is 5.29. The first-order valence-electron chi connectivity index (χ1n) is 7.31. The third-order valence-corrected chi connectivity index (χ3v) is 6.66. The fourth-order valence-electron chi connectivity index (χ4n) is 2.50. The zero-order valence-electron chi connectivity index (χ0n) is 12.8. The lowest BCUT2D eigenvalue weighted by molar-refractivity contribution is 0.536. The summed E-state index contributed by atoms with van der Waals surface area (Å²) in [7, 11) is 0. The van der Waals surface area contributed by atoms with E-state index in [-0.39, 0.29) is 0 Å². The van der Waals surface area contributed by atoms with Crippen LogP contribution in [0.4, 0.5) is 0 Å². The first-order chi connectivity index (χ1) is 9.58. The Balaban J connectivity index is 2.12. The van der Waals surface area contributed by atoms with Gasteiger partial charge in [0.05, 0.1) is 5.75 Å². The molecule has 0 spiro atoms. The van der Waals surface area contributed by atoms with Gasteiger partial charge in [-0.05, 0) is 38.9 Å². The van der Waals surface area contributed by atoms with E-state index in [0.717, 1.165) is 5.75 Å². The van der Waals surface area contributed by atoms with E-state index in [1.807, 2.05) is 12.1 Å². The maximum Gasteiger partial charge on any atom is 0.552 e. The molecule has 103 valence electrons. The summed E-state index contributed by atoms with van der Waals surface area (Å²) >= 11 is -1.20. The Morgan fingerprint density at radius 2 is 1.30 bits per heavy atom. The van der Waals surface area contributed by atoms with Gasteiger partial charge in [0.25, 0.3) is 0 Å². The first-order valence-corrected chi connectivity index (χ1v) is 9.11. The molecule has 0 atom stereocenters. The van der Waals surface area contributed by atoms with Crippen molar-refractivity contribution in [3.05, 3.63) is 54.6 Å². The van der Waals surface area contributed by atoms with Crippen LogP contribution >= 0.6 is 0 Å². The van der Waals surface area contributed by atoms with Crippen molar-refractivity contribution in [1.82, 2.24) is 0 Å². The highest BCUT2D eigenvalue weighted by Gasteiger charge is 2.31. The Morgan fingerprint density at radius 3 is 1.80 bits per heavy atom. The molecule has 2 aromatic carbocycles. The lowest BCUT2D eigenvalue weighted by Gasteiger charge is -2.21. The van der Waals surface area contributed by atoms with Crippen LogP contribution in [0.3, 0.4) is 0 Å². The summed E-state index contributed by atoms with van der Waals surface area (Å²) in [4.78, 5) is 0. The van der Waals surface area contributed by atoms with E-state index in [1.54, 1.807) is 0 Å². The van der Waals surface area contributed by atoms with E-state index in [2.05, 4.69) is 70.2 Å². The number of rotatable bonds is 5. The molecule has 1 nitrogen and oxygen atoms in total. The molecular formula is C18H22AlO. The minimum atomic E-state index is -1.20. The molecule has 0 unspecified atom stereocenters. The molecule has 2 aromatic rings. The van der Waals surface area contributed by atoms with Gasteiger partial charge in [0, 0.05) is 0 Å². The second-order valence-corrected chi connectivity index (χ2v) is 9.72. The van der Waals surface area contributed by atoms with Crippen LogP contribution in [0, 0.1) is 6.07 Å². The van der Waals surface area contributed by atoms with Gasteiger partial charge in [0.1, 0.15) is 0 Å². The van der Waals surface area contributed by atoms with Gasteiger partial charge in [-0.25, -0.2) is 0 Å². The molecule has 0 fully saturated rings. The van der Waals surface area contributed by atoms with Crippen LogP contribution in [-0.4, -0.2) is 14.5 Å². The van der Waals surface area contributed by atoms with E-state index in [0.29, 0.717) is 9.56 Å². The molecule has 0 aromatic heterocycles. The van der Waals surface area contributed by atoms with Gasteiger partial charge >= 0.3 is 14.5 Å². The zero-order chi connectivity index (χ0) is 14.5. The highest BCUT2D eigenvalue weighted by molar-refractivity contribution is 6.55. The molecular weight excluding hydrogens is 259 g/mol. The van der Waals surface area contributed by atoms with E-state index in [4.69, 9.17) is 3.79 Å². The second-order valence-electron chi connectivity index (χ2n) is 5.88. The predicted octanol–water partition coefficient (Wildman–Crippen LogP) is 5.34. The minimum Gasteiger partial charge on any atom is -0.642 e. The monoisotopic (exact) mass is 281 g/mol. The lowest BCUT2D eigenvalue weighted by Crippen LogP contribution is -2.28. The van der Waals surface area contributed by atoms with Gasteiger partial charge in [-0.1, -0.05) is 64.1 Å². The van der Waals surface area contributed by atoms with Crippen molar-refractivity contribution in [3.63, 3.8) is 0 Å². The summed E-state index contributed by atoms with van der Waals surface area (Å²) in [6.07, 6.45) is 0. The van der Waals surface area contributed by atoms with Crippen LogP contribution in [0.2, 0.25) is 9.56 Å². The van der Waals surface area contributed by atoms with Crippen molar-refractivity contribution in [2.75, 3.05) is 0 Å². The van der Waals surface area contributed by atoms with Crippen LogP contribution in [0.5, 0.6) is 5.75 Å². The standard InChI is InChI=1S/C12H9O.2C3H7.Al/c13-12-8-6-11(7-9-12)10-4-2-1-3-5-10;2*1-3-2;/h2-9,13H;2*3H,1-2H3;/q;;;+1/p-1. The summed E-state index contributed by atoms with van der Waals surface area (Å²) in [5.74, 6) is 1.01. The summed E-state index contributed by atoms with van der Waals surface area (Å²) in [5.41, 5.74) is 2.44. The third-order valence-electron chi connectivity index (χ3n) is 3.49. The molecule has 20 heavy (non-hydrogen) atoms. The lowest BCUT2D eigenvalue weighted by atomic mass is 10.1. The second kappa shape index (κ2) is 6.98. The largest absolute Gasteiger partial charge is 0.642 e. The van der Waals surface area contributed by atoms with Gasteiger partial charge < -0.3 is 3.79 Å². The van der Waals surface area contributed by atoms with Crippen LogP contribution in [0.25, 0.3) is 11.1 Å². The molecule has 0 aliphatic carbocycles. The van der Waals surface area contributed by atoms with E-state index >= 15 is 0 Å². The Bertz CT molecular complexity index is 509. The molecule has 0 amide bonds. The maximum absolute atomic E-state index is 6.26. The molecule has 1 radical (unpaired) electrons. The third kappa shape index (κ3) is 3.88. The highest BCUT2D eigenvalue weighted by atomic mass is 27.2. The quantitative estimate of drug-likeness (QED) is 0.672. The van der Waals surface area contributed by atoms with Crippen molar-refractivity contribution < 1.29 is 3.79 Å². The topological polar surface area (TPSA) is 9.23 Å². The summed E-state index contributed by atoms with van der Waals surface area (Å²) in [5, 5.41) is 0. The molecule has 0 bridgehead atoms. The van der Waals surface area contributed by atoms with Crippen molar-refractivity contribution in [1.29, 1.82) is 0 Å². The smallest absolute Gasteiger partial charge is 0.552 e. The number of benzene rings is 2. The predicted molar refractivity (Wildman–Crippen MR) is 87.3 cm³/mol. The van der Waals surface area contributed by atoms with Crippen LogP contribution < -0.4 is 3.79 Å². The average molecular weight is 281 g/mol. The van der Waals surface area contributed by atoms with Crippen molar-refractivity contribution >= 4 is 14.5 Å². The molecule has 0 saturated heterocycles. The molecule has 0 heterocycles. The zero-order valence-corrected chi connectivity index (χ0v) is 13.9. The van der Waals surface area contributed by atoms with E-state index < -0.39 is 14.5 Å². The molecule has 2 heteroatoms. The molecule has 0 saturated carbocycles. The normalized spacial score (nSPS) is 10.9. The SMILES string of the molecule is C[CH](C)[Al]([O]c1ccc(-c2cc[c]cc2)cc1)[CH](C)C. The fourth-order valence-corrected chi connectivity index (χ4v) is 5.06. The Morgan fingerprint density at radius 1 is 0.800 bits per heavy atom. The summed E-state index contributed by atoms with van der Waals surface area (Å²) in [6.45, 7) is 9.08. The van der Waals surface area contributed by atoms with Crippen molar-refractivity contribution in [2.24, 2.45) is 0 Å². The van der Waals surface area contributed by atoms with Crippen LogP contribution in [0.1, 0.15) is 27.7 Å². The Labute approximate surface area is 127 Å². The first kappa shape index (κ1) is 15.2. The van der Waals surface area contributed by atoms with Gasteiger partial charge in [-0.15, -0.1) is 0 Å². The molecule has 0 N–H and O–H groups in total. The fraction of sp³-hybridized carbons (Fsp3) is 0.333. The summed E-state index contributed by atoms with van der Waals surface area (Å²) in [6, 6.07) is 19.6. The molecule has 2 rings (SSSR count). The Hall–Kier alpha value is -1.23. The minimum absolute atomic E-state index is 0.652. The van der Waals surface area contributed by atoms with Crippen molar-refractivity contribution in [2.45, 2.75) is 37.3 Å². The van der Waals surface area contributed by atoms with Crippen LogP contribution in [-0.2, 0) is 0 Å². The summed E-state index contributed by atoms with van der Waals surface area (Å²) < 4.78 is 7.57. The van der Waals surface area contributed by atoms with Gasteiger partial charge in [0.15, 0.2) is 0 Å². The van der Waals surface area contributed by atoms with Crippen molar-refractivity contribution in [3.8, 4) is 16.9 Å². The van der Waals surface area contributed by atoms with Gasteiger partial charge in [0.2, 0.25) is 0 Å².